The van der Waals surface area contributed by atoms with Gasteiger partial charge in [0.1, 0.15) is 5.75 Å². The van der Waals surface area contributed by atoms with E-state index in [0.717, 1.165) is 37.2 Å². The van der Waals surface area contributed by atoms with Gasteiger partial charge in [-0.2, -0.15) is 0 Å². The van der Waals surface area contributed by atoms with Gasteiger partial charge in [-0.25, -0.2) is 0 Å². The highest BCUT2D eigenvalue weighted by atomic mass is 16.5. The highest BCUT2D eigenvalue weighted by Crippen LogP contribution is 2.38. The Morgan fingerprint density at radius 3 is 2.90 bits per heavy atom. The maximum atomic E-state index is 12.6. The van der Waals surface area contributed by atoms with E-state index in [1.54, 1.807) is 0 Å². The van der Waals surface area contributed by atoms with E-state index < -0.39 is 0 Å². The van der Waals surface area contributed by atoms with Gasteiger partial charge < -0.3 is 4.74 Å². The van der Waals surface area contributed by atoms with E-state index in [1.165, 1.54) is 16.7 Å². The summed E-state index contributed by atoms with van der Waals surface area (Å²) in [5.74, 6) is 1.24. The molecular weight excluding hydrogens is 248 g/mol. The van der Waals surface area contributed by atoms with E-state index in [-0.39, 0.29) is 11.7 Å². The van der Waals surface area contributed by atoms with Crippen LogP contribution in [0.5, 0.6) is 5.75 Å². The molecule has 0 amide bonds. The third kappa shape index (κ3) is 1.75. The van der Waals surface area contributed by atoms with Crippen LogP contribution >= 0.6 is 0 Å². The molecule has 0 saturated heterocycles. The Bertz CT molecular complexity index is 688. The second-order valence-corrected chi connectivity index (χ2v) is 5.59. The van der Waals surface area contributed by atoms with Crippen molar-refractivity contribution in [3.05, 3.63) is 64.7 Å². The highest BCUT2D eigenvalue weighted by molar-refractivity contribution is 6.03. The summed E-state index contributed by atoms with van der Waals surface area (Å²) in [4.78, 5) is 12.6. The topological polar surface area (TPSA) is 26.3 Å². The highest BCUT2D eigenvalue weighted by Gasteiger charge is 2.32. The molecule has 0 radical (unpaired) electrons. The summed E-state index contributed by atoms with van der Waals surface area (Å²) in [6.45, 7) is 0.788. The largest absolute Gasteiger partial charge is 0.493 e. The quantitative estimate of drug-likeness (QED) is 0.776. The summed E-state index contributed by atoms with van der Waals surface area (Å²) < 4.78 is 5.60. The summed E-state index contributed by atoms with van der Waals surface area (Å²) in [7, 11) is 0. The van der Waals surface area contributed by atoms with Crippen LogP contribution in [-0.2, 0) is 12.8 Å². The maximum absolute atomic E-state index is 12.6. The van der Waals surface area contributed by atoms with Crippen LogP contribution in [0.15, 0.2) is 42.5 Å². The molecule has 2 aromatic carbocycles. The van der Waals surface area contributed by atoms with Crippen molar-refractivity contribution in [1.29, 1.82) is 0 Å². The van der Waals surface area contributed by atoms with Gasteiger partial charge >= 0.3 is 0 Å². The number of carbonyl (C=O) groups is 1. The molecule has 4 rings (SSSR count). The zero-order valence-corrected chi connectivity index (χ0v) is 11.3. The fourth-order valence-corrected chi connectivity index (χ4v) is 3.21. The minimum atomic E-state index is 0.0498. The average molecular weight is 264 g/mol. The standard InChI is InChI=1S/C18H16O2/c19-18(16-11-12-4-1-2-6-15(12)16)14-7-8-17-13(10-14)5-3-9-20-17/h1-2,4,6-8,10,16H,3,5,9,11H2. The van der Waals surface area contributed by atoms with Gasteiger partial charge in [0, 0.05) is 5.56 Å². The fourth-order valence-electron chi connectivity index (χ4n) is 3.21. The van der Waals surface area contributed by atoms with Crippen molar-refractivity contribution in [2.75, 3.05) is 6.61 Å². The minimum absolute atomic E-state index is 0.0498. The Labute approximate surface area is 118 Å². The third-order valence-electron chi connectivity index (χ3n) is 4.36. The van der Waals surface area contributed by atoms with Crippen molar-refractivity contribution in [2.45, 2.75) is 25.2 Å². The molecule has 2 aromatic rings. The number of benzene rings is 2. The van der Waals surface area contributed by atoms with E-state index in [2.05, 4.69) is 12.1 Å². The Hall–Kier alpha value is -2.09. The lowest BCUT2D eigenvalue weighted by atomic mass is 9.73. The normalized spacial score (nSPS) is 19.3. The van der Waals surface area contributed by atoms with Crippen LogP contribution in [0.2, 0.25) is 0 Å². The van der Waals surface area contributed by atoms with Crippen LogP contribution < -0.4 is 4.74 Å². The molecule has 1 aliphatic heterocycles. The molecule has 0 saturated carbocycles. The molecule has 100 valence electrons. The van der Waals surface area contributed by atoms with E-state index in [1.807, 2.05) is 30.3 Å². The number of Topliss-reactive ketones (excluding diaryl/α,β-unsaturated/α-hetero) is 1. The predicted molar refractivity (Wildman–Crippen MR) is 77.5 cm³/mol. The van der Waals surface area contributed by atoms with Gasteiger partial charge in [-0.3, -0.25) is 4.79 Å². The molecule has 0 bridgehead atoms. The lowest BCUT2D eigenvalue weighted by Crippen LogP contribution is -2.25. The van der Waals surface area contributed by atoms with Gasteiger partial charge in [0.25, 0.3) is 0 Å². The Morgan fingerprint density at radius 1 is 1.10 bits per heavy atom. The summed E-state index contributed by atoms with van der Waals surface area (Å²) in [6.07, 6.45) is 2.93. The van der Waals surface area contributed by atoms with Gasteiger partial charge in [0.05, 0.1) is 12.5 Å². The Morgan fingerprint density at radius 2 is 2.00 bits per heavy atom. The molecule has 0 spiro atoms. The predicted octanol–water partition coefficient (Wildman–Crippen LogP) is 3.53. The molecule has 2 aliphatic rings. The zero-order chi connectivity index (χ0) is 13.5. The number of hydrogen-bond donors (Lipinski definition) is 0. The van der Waals surface area contributed by atoms with Gasteiger partial charge in [-0.15, -0.1) is 0 Å². The minimum Gasteiger partial charge on any atom is -0.493 e. The van der Waals surface area contributed by atoms with Crippen molar-refractivity contribution in [3.8, 4) is 5.75 Å². The molecular formula is C18H16O2. The van der Waals surface area contributed by atoms with Crippen molar-refractivity contribution >= 4 is 5.78 Å². The second kappa shape index (κ2) is 4.48. The summed E-state index contributed by atoms with van der Waals surface area (Å²) >= 11 is 0. The first-order valence-corrected chi connectivity index (χ1v) is 7.21. The van der Waals surface area contributed by atoms with Gasteiger partial charge in [0.15, 0.2) is 5.78 Å². The van der Waals surface area contributed by atoms with Crippen molar-refractivity contribution < 1.29 is 9.53 Å². The van der Waals surface area contributed by atoms with Crippen LogP contribution in [0, 0.1) is 0 Å². The number of rotatable bonds is 2. The van der Waals surface area contributed by atoms with E-state index in [9.17, 15) is 4.79 Å². The van der Waals surface area contributed by atoms with Crippen LogP contribution in [-0.4, -0.2) is 12.4 Å². The zero-order valence-electron chi connectivity index (χ0n) is 11.3. The molecule has 1 unspecified atom stereocenters. The number of ether oxygens (including phenoxy) is 1. The van der Waals surface area contributed by atoms with Crippen molar-refractivity contribution in [3.63, 3.8) is 0 Å². The van der Waals surface area contributed by atoms with Gasteiger partial charge in [-0.05, 0) is 54.2 Å². The molecule has 1 aliphatic carbocycles. The fraction of sp³-hybridized carbons (Fsp3) is 0.278. The number of ketones is 1. The van der Waals surface area contributed by atoms with E-state index in [4.69, 9.17) is 4.74 Å². The van der Waals surface area contributed by atoms with Crippen LogP contribution in [0.1, 0.15) is 39.4 Å². The first kappa shape index (κ1) is 11.7. The number of fused-ring (bicyclic) bond motifs is 2. The first-order valence-electron chi connectivity index (χ1n) is 7.21. The second-order valence-electron chi connectivity index (χ2n) is 5.59. The Kier molecular flexibility index (Phi) is 2.62. The van der Waals surface area contributed by atoms with E-state index in [0.29, 0.717) is 0 Å². The smallest absolute Gasteiger partial charge is 0.170 e. The van der Waals surface area contributed by atoms with Gasteiger partial charge in [0.2, 0.25) is 0 Å². The maximum Gasteiger partial charge on any atom is 0.170 e. The Balaban J connectivity index is 1.64. The molecule has 20 heavy (non-hydrogen) atoms. The average Bonchev–Trinajstić information content (AvgIpc) is 2.48. The van der Waals surface area contributed by atoms with Crippen molar-refractivity contribution in [2.24, 2.45) is 0 Å². The summed E-state index contributed by atoms with van der Waals surface area (Å²) in [5.41, 5.74) is 4.52. The van der Waals surface area contributed by atoms with Crippen molar-refractivity contribution in [1.82, 2.24) is 0 Å². The molecule has 0 aromatic heterocycles. The number of carbonyl (C=O) groups excluding carboxylic acids is 1. The molecule has 0 fully saturated rings. The third-order valence-corrected chi connectivity index (χ3v) is 4.36. The lowest BCUT2D eigenvalue weighted by Gasteiger charge is -2.29. The van der Waals surface area contributed by atoms with Crippen LogP contribution in [0.3, 0.4) is 0 Å². The molecule has 1 atom stereocenters. The molecule has 2 nitrogen and oxygen atoms in total. The number of aryl methyl sites for hydroxylation is 1. The summed E-state index contributed by atoms with van der Waals surface area (Å²) in [6, 6.07) is 14.1. The molecule has 0 N–H and O–H groups in total. The summed E-state index contributed by atoms with van der Waals surface area (Å²) in [5, 5.41) is 0. The van der Waals surface area contributed by atoms with Crippen LogP contribution in [0.4, 0.5) is 0 Å². The molecule has 2 heteroatoms. The number of hydrogen-bond acceptors (Lipinski definition) is 2. The SMILES string of the molecule is O=C(c1ccc2c(c1)CCCO2)C1Cc2ccccc21. The van der Waals surface area contributed by atoms with Gasteiger partial charge in [-0.1, -0.05) is 24.3 Å². The van der Waals surface area contributed by atoms with Crippen LogP contribution in [0.25, 0.3) is 0 Å². The monoisotopic (exact) mass is 264 g/mol. The lowest BCUT2D eigenvalue weighted by molar-refractivity contribution is 0.0949. The molecule has 1 heterocycles. The van der Waals surface area contributed by atoms with E-state index >= 15 is 0 Å². The first-order chi connectivity index (χ1) is 9.83.